The van der Waals surface area contributed by atoms with Crippen LogP contribution in [0.4, 0.5) is 0 Å². The number of likely N-dealkylation sites (N-methyl/N-ethyl adjacent to an activating group) is 1. The Kier molecular flexibility index (Phi) is 4.85. The number of nitrogens with zero attached hydrogens (tertiary/aromatic N) is 2. The zero-order valence-electron chi connectivity index (χ0n) is 9.74. The Balaban J connectivity index is 2.42. The van der Waals surface area contributed by atoms with E-state index in [-0.39, 0.29) is 6.10 Å². The smallest absolute Gasteiger partial charge is 0.0664 e. The van der Waals surface area contributed by atoms with Gasteiger partial charge in [0.2, 0.25) is 0 Å². The molecular formula is C11H24N2O. The van der Waals surface area contributed by atoms with Crippen molar-refractivity contribution in [3.8, 4) is 0 Å². The van der Waals surface area contributed by atoms with Gasteiger partial charge in [0.1, 0.15) is 0 Å². The van der Waals surface area contributed by atoms with Crippen LogP contribution in [0.3, 0.4) is 0 Å². The molecule has 1 fully saturated rings. The molecule has 1 saturated heterocycles. The zero-order chi connectivity index (χ0) is 10.6. The molecule has 0 spiro atoms. The molecule has 1 N–H and O–H groups in total. The molecule has 1 heterocycles. The van der Waals surface area contributed by atoms with Gasteiger partial charge in [-0.15, -0.1) is 0 Å². The second-order valence-corrected chi connectivity index (χ2v) is 4.52. The Morgan fingerprint density at radius 2 is 2.14 bits per heavy atom. The fraction of sp³-hybridized carbons (Fsp3) is 1.00. The lowest BCUT2D eigenvalue weighted by molar-refractivity contribution is 0.0894. The van der Waals surface area contributed by atoms with E-state index in [4.69, 9.17) is 0 Å². The molecule has 3 nitrogen and oxygen atoms in total. The van der Waals surface area contributed by atoms with Gasteiger partial charge in [-0.25, -0.2) is 0 Å². The van der Waals surface area contributed by atoms with Crippen molar-refractivity contribution in [3.63, 3.8) is 0 Å². The molecule has 0 aliphatic carbocycles. The van der Waals surface area contributed by atoms with Crippen molar-refractivity contribution >= 4 is 0 Å². The van der Waals surface area contributed by atoms with Crippen LogP contribution in [0.5, 0.6) is 0 Å². The van der Waals surface area contributed by atoms with Crippen LogP contribution in [0.2, 0.25) is 0 Å². The summed E-state index contributed by atoms with van der Waals surface area (Å²) in [7, 11) is 2.18. The highest BCUT2D eigenvalue weighted by Crippen LogP contribution is 2.09. The van der Waals surface area contributed by atoms with Gasteiger partial charge in [0.15, 0.2) is 0 Å². The maximum absolute atomic E-state index is 9.63. The number of aliphatic hydroxyl groups excluding tert-OH is 1. The molecule has 0 amide bonds. The lowest BCUT2D eigenvalue weighted by Gasteiger charge is -2.29. The van der Waals surface area contributed by atoms with Gasteiger partial charge in [-0.1, -0.05) is 6.92 Å². The van der Waals surface area contributed by atoms with E-state index in [0.29, 0.717) is 6.04 Å². The van der Waals surface area contributed by atoms with Crippen molar-refractivity contribution < 1.29 is 5.11 Å². The summed E-state index contributed by atoms with van der Waals surface area (Å²) in [4.78, 5) is 4.79. The molecule has 0 aromatic rings. The maximum Gasteiger partial charge on any atom is 0.0664 e. The van der Waals surface area contributed by atoms with E-state index in [1.54, 1.807) is 0 Å². The lowest BCUT2D eigenvalue weighted by Crippen LogP contribution is -2.41. The van der Waals surface area contributed by atoms with Gasteiger partial charge in [-0.05, 0) is 39.9 Å². The van der Waals surface area contributed by atoms with Crippen molar-refractivity contribution in [2.45, 2.75) is 38.8 Å². The highest BCUT2D eigenvalue weighted by molar-refractivity contribution is 4.76. The van der Waals surface area contributed by atoms with Gasteiger partial charge in [0.25, 0.3) is 0 Å². The first-order valence-corrected chi connectivity index (χ1v) is 5.74. The van der Waals surface area contributed by atoms with Gasteiger partial charge >= 0.3 is 0 Å². The zero-order valence-corrected chi connectivity index (χ0v) is 9.74. The second kappa shape index (κ2) is 5.69. The van der Waals surface area contributed by atoms with E-state index < -0.39 is 0 Å². The van der Waals surface area contributed by atoms with E-state index in [9.17, 15) is 5.11 Å². The molecule has 14 heavy (non-hydrogen) atoms. The fourth-order valence-electron chi connectivity index (χ4n) is 2.09. The fourth-order valence-corrected chi connectivity index (χ4v) is 2.09. The predicted molar refractivity (Wildman–Crippen MR) is 59.4 cm³/mol. The number of hydrogen-bond acceptors (Lipinski definition) is 3. The third-order valence-corrected chi connectivity index (χ3v) is 3.10. The van der Waals surface area contributed by atoms with Crippen molar-refractivity contribution in [2.75, 3.05) is 33.2 Å². The van der Waals surface area contributed by atoms with Gasteiger partial charge in [-0.3, -0.25) is 4.90 Å². The summed E-state index contributed by atoms with van der Waals surface area (Å²) < 4.78 is 0. The molecule has 84 valence electrons. The van der Waals surface area contributed by atoms with Crippen LogP contribution in [0.1, 0.15) is 26.7 Å². The Hall–Kier alpha value is -0.120. The van der Waals surface area contributed by atoms with Gasteiger partial charge in [-0.2, -0.15) is 0 Å². The summed E-state index contributed by atoms with van der Waals surface area (Å²) in [6.07, 6.45) is 1.93. The molecule has 0 bridgehead atoms. The number of β-amino-alcohol motifs (C(OH)–C–C–N with tert-alkyl or cyclic N) is 1. The first-order valence-electron chi connectivity index (χ1n) is 5.74. The summed E-state index contributed by atoms with van der Waals surface area (Å²) in [5.41, 5.74) is 0. The van der Waals surface area contributed by atoms with Gasteiger partial charge < -0.3 is 10.0 Å². The first-order chi connectivity index (χ1) is 6.63. The van der Waals surface area contributed by atoms with Crippen LogP contribution in [0.15, 0.2) is 0 Å². The Bertz CT molecular complexity index is 163. The molecular weight excluding hydrogens is 176 g/mol. The Morgan fingerprint density at radius 1 is 1.43 bits per heavy atom. The summed E-state index contributed by atoms with van der Waals surface area (Å²) in [5.74, 6) is 0. The van der Waals surface area contributed by atoms with E-state index >= 15 is 0 Å². The normalized spacial score (nSPS) is 28.7. The van der Waals surface area contributed by atoms with Gasteiger partial charge in [0, 0.05) is 19.1 Å². The van der Waals surface area contributed by atoms with Crippen LogP contribution in [-0.2, 0) is 0 Å². The van der Waals surface area contributed by atoms with Crippen LogP contribution in [0.25, 0.3) is 0 Å². The third kappa shape index (κ3) is 3.56. The van der Waals surface area contributed by atoms with Crippen LogP contribution in [-0.4, -0.2) is 60.3 Å². The summed E-state index contributed by atoms with van der Waals surface area (Å²) in [5, 5.41) is 9.63. The Morgan fingerprint density at radius 3 is 2.79 bits per heavy atom. The van der Waals surface area contributed by atoms with Crippen LogP contribution >= 0.6 is 0 Å². The van der Waals surface area contributed by atoms with Gasteiger partial charge in [0.05, 0.1) is 6.10 Å². The van der Waals surface area contributed by atoms with E-state index in [1.165, 1.54) is 13.0 Å². The molecule has 1 aliphatic rings. The molecule has 0 radical (unpaired) electrons. The number of rotatable bonds is 3. The predicted octanol–water partition coefficient (Wildman–Crippen LogP) is 0.783. The van der Waals surface area contributed by atoms with Crippen molar-refractivity contribution in [2.24, 2.45) is 0 Å². The topological polar surface area (TPSA) is 26.7 Å². The lowest BCUT2D eigenvalue weighted by atomic mass is 10.2. The molecule has 0 aromatic heterocycles. The summed E-state index contributed by atoms with van der Waals surface area (Å²) in [6, 6.07) is 0.573. The average Bonchev–Trinajstić information content (AvgIpc) is 2.29. The minimum Gasteiger partial charge on any atom is -0.392 e. The van der Waals surface area contributed by atoms with E-state index in [1.807, 2.05) is 6.92 Å². The van der Waals surface area contributed by atoms with Crippen molar-refractivity contribution in [1.82, 2.24) is 9.80 Å². The SMILES string of the molecule is CCC(O)CN1CCCN(C)CC1C. The molecule has 3 heteroatoms. The van der Waals surface area contributed by atoms with Crippen LogP contribution in [0, 0.1) is 0 Å². The molecule has 0 saturated carbocycles. The second-order valence-electron chi connectivity index (χ2n) is 4.52. The van der Waals surface area contributed by atoms with E-state index in [2.05, 4.69) is 23.8 Å². The average molecular weight is 200 g/mol. The van der Waals surface area contributed by atoms with E-state index in [0.717, 1.165) is 26.1 Å². The molecule has 1 aliphatic heterocycles. The number of hydrogen-bond donors (Lipinski definition) is 1. The summed E-state index contributed by atoms with van der Waals surface area (Å²) >= 11 is 0. The highest BCUT2D eigenvalue weighted by atomic mass is 16.3. The standard InChI is InChI=1S/C11H24N2O/c1-4-11(14)9-13-7-5-6-12(3)8-10(13)2/h10-11,14H,4-9H2,1-3H3. The minimum atomic E-state index is -0.152. The minimum absolute atomic E-state index is 0.152. The maximum atomic E-state index is 9.63. The van der Waals surface area contributed by atoms with Crippen molar-refractivity contribution in [3.05, 3.63) is 0 Å². The molecule has 2 atom stereocenters. The molecule has 2 unspecified atom stereocenters. The van der Waals surface area contributed by atoms with Crippen LogP contribution < -0.4 is 0 Å². The van der Waals surface area contributed by atoms with Crippen molar-refractivity contribution in [1.29, 1.82) is 0 Å². The quantitative estimate of drug-likeness (QED) is 0.729. The number of aliphatic hydroxyl groups is 1. The first kappa shape index (κ1) is 12.0. The molecule has 0 aromatic carbocycles. The highest BCUT2D eigenvalue weighted by Gasteiger charge is 2.20. The largest absolute Gasteiger partial charge is 0.392 e. The summed E-state index contributed by atoms with van der Waals surface area (Å²) in [6.45, 7) is 8.57. The third-order valence-electron chi connectivity index (χ3n) is 3.10. The Labute approximate surface area is 87.7 Å². The monoisotopic (exact) mass is 200 g/mol. The molecule has 1 rings (SSSR count).